The molecule has 0 atom stereocenters. The largest absolute Gasteiger partial charge is 0.329 e. The van der Waals surface area contributed by atoms with Crippen LogP contribution in [0.25, 0.3) is 11.2 Å². The summed E-state index contributed by atoms with van der Waals surface area (Å²) >= 11 is 1.26. The summed E-state index contributed by atoms with van der Waals surface area (Å²) in [4.78, 5) is 42.3. The summed E-state index contributed by atoms with van der Waals surface area (Å²) in [5, 5.41) is 0.539. The van der Waals surface area contributed by atoms with Gasteiger partial charge in [-0.1, -0.05) is 41.6 Å². The van der Waals surface area contributed by atoms with Crippen molar-refractivity contribution in [2.75, 3.05) is 5.75 Å². The van der Waals surface area contributed by atoms with E-state index in [0.717, 1.165) is 11.1 Å². The summed E-state index contributed by atoms with van der Waals surface area (Å²) in [5.41, 5.74) is 1.79. The van der Waals surface area contributed by atoms with Gasteiger partial charge in [0.15, 0.2) is 16.3 Å². The van der Waals surface area contributed by atoms with Crippen LogP contribution in [0.3, 0.4) is 0 Å². The number of nitrogens with one attached hydrogen (secondary N) is 1. The standard InChI is InChI=1S/C17H18N4O3S/c1-10-4-6-12(7-5-10)8-21-13-14(18-17(21)25-9-11(2)22)20(3)16(24)19-15(13)23/h4-7H,8-9H2,1-3H3,(H,19,23,24). The summed E-state index contributed by atoms with van der Waals surface area (Å²) in [7, 11) is 1.56. The molecule has 0 amide bonds. The van der Waals surface area contributed by atoms with Crippen molar-refractivity contribution in [2.45, 2.75) is 25.5 Å². The van der Waals surface area contributed by atoms with Crippen LogP contribution in [0.1, 0.15) is 18.1 Å². The molecule has 1 N–H and O–H groups in total. The average molecular weight is 358 g/mol. The first-order valence-electron chi connectivity index (χ1n) is 7.74. The van der Waals surface area contributed by atoms with Gasteiger partial charge in [0, 0.05) is 7.05 Å². The monoisotopic (exact) mass is 358 g/mol. The molecule has 0 aliphatic carbocycles. The van der Waals surface area contributed by atoms with Crippen molar-refractivity contribution < 1.29 is 4.79 Å². The molecule has 0 radical (unpaired) electrons. The van der Waals surface area contributed by atoms with Crippen LogP contribution in [-0.2, 0) is 18.4 Å². The molecule has 2 aromatic heterocycles. The van der Waals surface area contributed by atoms with E-state index in [1.807, 2.05) is 31.2 Å². The summed E-state index contributed by atoms with van der Waals surface area (Å²) < 4.78 is 3.06. The minimum absolute atomic E-state index is 0.0155. The molecule has 2 heterocycles. The third kappa shape index (κ3) is 3.43. The van der Waals surface area contributed by atoms with Gasteiger partial charge in [-0.05, 0) is 19.4 Å². The van der Waals surface area contributed by atoms with Gasteiger partial charge in [-0.15, -0.1) is 0 Å². The molecule has 0 saturated carbocycles. The van der Waals surface area contributed by atoms with Crippen LogP contribution in [0.5, 0.6) is 0 Å². The van der Waals surface area contributed by atoms with Crippen LogP contribution >= 0.6 is 11.8 Å². The minimum atomic E-state index is -0.513. The molecule has 25 heavy (non-hydrogen) atoms. The maximum atomic E-state index is 12.4. The average Bonchev–Trinajstić information content (AvgIpc) is 2.92. The van der Waals surface area contributed by atoms with E-state index in [4.69, 9.17) is 0 Å². The van der Waals surface area contributed by atoms with Gasteiger partial charge in [0.25, 0.3) is 5.56 Å². The zero-order valence-corrected chi connectivity index (χ0v) is 15.0. The lowest BCUT2D eigenvalue weighted by molar-refractivity contribution is -0.114. The summed E-state index contributed by atoms with van der Waals surface area (Å²) in [6, 6.07) is 7.96. The summed E-state index contributed by atoms with van der Waals surface area (Å²) in [6.07, 6.45) is 0. The Bertz CT molecular complexity index is 1060. The van der Waals surface area contributed by atoms with Crippen molar-refractivity contribution in [1.29, 1.82) is 0 Å². The molecule has 3 aromatic rings. The fourth-order valence-corrected chi connectivity index (χ4v) is 3.31. The lowest BCUT2D eigenvalue weighted by Crippen LogP contribution is -2.29. The number of benzene rings is 1. The van der Waals surface area contributed by atoms with E-state index in [1.54, 1.807) is 11.6 Å². The molecule has 0 bridgehead atoms. The second kappa shape index (κ2) is 6.72. The molecule has 0 fully saturated rings. The minimum Gasteiger partial charge on any atom is -0.309 e. The van der Waals surface area contributed by atoms with E-state index in [1.165, 1.54) is 23.3 Å². The van der Waals surface area contributed by atoms with E-state index in [2.05, 4.69) is 9.97 Å². The Labute approximate surface area is 147 Å². The number of hydrogen-bond acceptors (Lipinski definition) is 5. The number of fused-ring (bicyclic) bond motifs is 1. The number of thioether (sulfide) groups is 1. The van der Waals surface area contributed by atoms with Crippen LogP contribution in [0.2, 0.25) is 0 Å². The number of aryl methyl sites for hydroxylation is 2. The number of aromatic nitrogens is 4. The van der Waals surface area contributed by atoms with E-state index in [9.17, 15) is 14.4 Å². The normalized spacial score (nSPS) is 11.2. The van der Waals surface area contributed by atoms with Gasteiger partial charge in [-0.2, -0.15) is 0 Å². The number of hydrogen-bond donors (Lipinski definition) is 1. The van der Waals surface area contributed by atoms with Crippen molar-refractivity contribution in [3.8, 4) is 0 Å². The Hall–Kier alpha value is -2.61. The molecule has 3 rings (SSSR count). The number of H-pyrrole nitrogens is 1. The van der Waals surface area contributed by atoms with Crippen molar-refractivity contribution >= 4 is 28.7 Å². The Balaban J connectivity index is 2.18. The fourth-order valence-electron chi connectivity index (χ4n) is 2.51. The number of Topliss-reactive ketones (excluding diaryl/α,β-unsaturated/α-hetero) is 1. The maximum Gasteiger partial charge on any atom is 0.329 e. The van der Waals surface area contributed by atoms with Crippen molar-refractivity contribution in [3.63, 3.8) is 0 Å². The van der Waals surface area contributed by atoms with Crippen LogP contribution in [0, 0.1) is 6.92 Å². The highest BCUT2D eigenvalue weighted by Gasteiger charge is 2.18. The molecule has 130 valence electrons. The van der Waals surface area contributed by atoms with Crippen molar-refractivity contribution in [2.24, 2.45) is 7.05 Å². The Morgan fingerprint density at radius 3 is 2.56 bits per heavy atom. The highest BCUT2D eigenvalue weighted by Crippen LogP contribution is 2.23. The van der Waals surface area contributed by atoms with Crippen molar-refractivity contribution in [3.05, 3.63) is 56.2 Å². The van der Waals surface area contributed by atoms with E-state index >= 15 is 0 Å². The number of aromatic amines is 1. The lowest BCUT2D eigenvalue weighted by atomic mass is 10.1. The summed E-state index contributed by atoms with van der Waals surface area (Å²) in [6.45, 7) is 3.94. The number of ketones is 1. The fraction of sp³-hybridized carbons (Fsp3) is 0.294. The van der Waals surface area contributed by atoms with Gasteiger partial charge in [-0.3, -0.25) is 19.1 Å². The third-order valence-corrected chi connectivity index (χ3v) is 4.96. The Morgan fingerprint density at radius 2 is 1.92 bits per heavy atom. The zero-order chi connectivity index (χ0) is 18.1. The van der Waals surface area contributed by atoms with Crippen LogP contribution < -0.4 is 11.2 Å². The van der Waals surface area contributed by atoms with Gasteiger partial charge < -0.3 is 4.57 Å². The predicted molar refractivity (Wildman–Crippen MR) is 97.3 cm³/mol. The van der Waals surface area contributed by atoms with E-state index in [0.29, 0.717) is 22.9 Å². The second-order valence-corrected chi connectivity index (χ2v) is 6.89. The molecule has 1 aromatic carbocycles. The van der Waals surface area contributed by atoms with Gasteiger partial charge in [0.2, 0.25) is 0 Å². The molecule has 0 saturated heterocycles. The maximum absolute atomic E-state index is 12.4. The smallest absolute Gasteiger partial charge is 0.309 e. The molecular weight excluding hydrogens is 340 g/mol. The first-order valence-corrected chi connectivity index (χ1v) is 8.72. The molecular formula is C17H18N4O3S. The molecule has 0 spiro atoms. The van der Waals surface area contributed by atoms with Crippen LogP contribution in [0.4, 0.5) is 0 Å². The first-order chi connectivity index (χ1) is 11.9. The van der Waals surface area contributed by atoms with Gasteiger partial charge >= 0.3 is 5.69 Å². The highest BCUT2D eigenvalue weighted by molar-refractivity contribution is 7.99. The number of rotatable bonds is 5. The van der Waals surface area contributed by atoms with E-state index in [-0.39, 0.29) is 11.5 Å². The Morgan fingerprint density at radius 1 is 1.24 bits per heavy atom. The second-order valence-electron chi connectivity index (χ2n) is 5.95. The topological polar surface area (TPSA) is 89.8 Å². The third-order valence-electron chi connectivity index (χ3n) is 3.84. The van der Waals surface area contributed by atoms with E-state index < -0.39 is 11.2 Å². The molecule has 7 nitrogen and oxygen atoms in total. The van der Waals surface area contributed by atoms with Gasteiger partial charge in [0.05, 0.1) is 12.3 Å². The number of carbonyl (C=O) groups excluding carboxylic acids is 1. The quantitative estimate of drug-likeness (QED) is 0.698. The highest BCUT2D eigenvalue weighted by atomic mass is 32.2. The van der Waals surface area contributed by atoms with Crippen LogP contribution in [0.15, 0.2) is 39.0 Å². The molecule has 0 unspecified atom stereocenters. The predicted octanol–water partition coefficient (Wildman–Crippen LogP) is 1.46. The first kappa shape index (κ1) is 17.2. The zero-order valence-electron chi connectivity index (χ0n) is 14.2. The molecule has 8 heteroatoms. The van der Waals surface area contributed by atoms with Gasteiger partial charge in [-0.25, -0.2) is 9.78 Å². The van der Waals surface area contributed by atoms with Crippen molar-refractivity contribution in [1.82, 2.24) is 19.1 Å². The number of imidazole rings is 1. The van der Waals surface area contributed by atoms with Gasteiger partial charge in [0.1, 0.15) is 5.78 Å². The summed E-state index contributed by atoms with van der Waals surface area (Å²) in [5.74, 6) is 0.269. The number of carbonyl (C=O) groups is 1. The van der Waals surface area contributed by atoms with Crippen LogP contribution in [-0.4, -0.2) is 30.6 Å². The Kier molecular flexibility index (Phi) is 4.63. The molecule has 0 aliphatic heterocycles. The molecule has 0 aliphatic rings. The lowest BCUT2D eigenvalue weighted by Gasteiger charge is -2.08. The SMILES string of the molecule is CC(=O)CSc1nc2c(c(=O)[nH]c(=O)n2C)n1Cc1ccc(C)cc1. The number of nitrogens with zero attached hydrogens (tertiary/aromatic N) is 3.